The first kappa shape index (κ1) is 20.3. The van der Waals surface area contributed by atoms with E-state index in [0.717, 1.165) is 35.9 Å². The van der Waals surface area contributed by atoms with Crippen LogP contribution in [0, 0.1) is 5.92 Å². The van der Waals surface area contributed by atoms with Gasteiger partial charge < -0.3 is 9.30 Å². The molecule has 160 valence electrons. The summed E-state index contributed by atoms with van der Waals surface area (Å²) in [6.45, 7) is 1.26. The Morgan fingerprint density at radius 2 is 1.47 bits per heavy atom. The SMILES string of the molecule is O=C(C(=O)N1CCC(Cc2ccccc2)CC1)c1c(-c2ccccc2)cc2ccccn12. The molecule has 0 bridgehead atoms. The largest absolute Gasteiger partial charge is 0.336 e. The fourth-order valence-corrected chi connectivity index (χ4v) is 4.73. The van der Waals surface area contributed by atoms with Gasteiger partial charge in [0.15, 0.2) is 0 Å². The summed E-state index contributed by atoms with van der Waals surface area (Å²) in [4.78, 5) is 28.5. The second kappa shape index (κ2) is 8.83. The lowest BCUT2D eigenvalue weighted by molar-refractivity contribution is -0.127. The first-order valence-corrected chi connectivity index (χ1v) is 11.2. The van der Waals surface area contributed by atoms with Gasteiger partial charge in [0.1, 0.15) is 5.69 Å². The van der Waals surface area contributed by atoms with Gasteiger partial charge in [-0.05, 0) is 54.5 Å². The molecular formula is C28H26N2O2. The Hall–Kier alpha value is -3.66. The van der Waals surface area contributed by atoms with E-state index in [4.69, 9.17) is 0 Å². The van der Waals surface area contributed by atoms with Crippen molar-refractivity contribution in [3.05, 3.63) is 102 Å². The Balaban J connectivity index is 1.36. The fraction of sp³-hybridized carbons (Fsp3) is 0.214. The van der Waals surface area contributed by atoms with Crippen LogP contribution in [0.2, 0.25) is 0 Å². The molecule has 1 amide bonds. The monoisotopic (exact) mass is 422 g/mol. The Labute approximate surface area is 188 Å². The maximum Gasteiger partial charge on any atom is 0.296 e. The Kier molecular flexibility index (Phi) is 5.59. The van der Waals surface area contributed by atoms with Gasteiger partial charge in [-0.15, -0.1) is 0 Å². The number of carbonyl (C=O) groups excluding carboxylic acids is 2. The number of benzene rings is 2. The molecule has 0 unspecified atom stereocenters. The van der Waals surface area contributed by atoms with E-state index in [1.807, 2.05) is 71.3 Å². The summed E-state index contributed by atoms with van der Waals surface area (Å²) >= 11 is 0. The number of Topliss-reactive ketones (excluding diaryl/α,β-unsaturated/α-hetero) is 1. The number of carbonyl (C=O) groups is 2. The van der Waals surface area contributed by atoms with Crippen molar-refractivity contribution in [2.75, 3.05) is 13.1 Å². The number of aromatic nitrogens is 1. The van der Waals surface area contributed by atoms with Crippen LogP contribution in [-0.2, 0) is 11.2 Å². The maximum absolute atomic E-state index is 13.5. The molecule has 1 aliphatic heterocycles. The minimum atomic E-state index is -0.434. The zero-order valence-corrected chi connectivity index (χ0v) is 18.0. The van der Waals surface area contributed by atoms with Crippen LogP contribution in [0.25, 0.3) is 16.6 Å². The minimum absolute atomic E-state index is 0.399. The van der Waals surface area contributed by atoms with Gasteiger partial charge in [0.25, 0.3) is 11.7 Å². The third-order valence-electron chi connectivity index (χ3n) is 6.44. The zero-order valence-electron chi connectivity index (χ0n) is 18.0. The molecule has 5 rings (SSSR count). The summed E-state index contributed by atoms with van der Waals surface area (Å²) in [5.41, 5.74) is 4.43. The van der Waals surface area contributed by atoms with Gasteiger partial charge in [-0.3, -0.25) is 9.59 Å². The van der Waals surface area contributed by atoms with E-state index in [2.05, 4.69) is 24.3 Å². The molecule has 3 heterocycles. The molecule has 4 heteroatoms. The summed E-state index contributed by atoms with van der Waals surface area (Å²) in [6.07, 6.45) is 4.73. The molecule has 0 aliphatic carbocycles. The summed E-state index contributed by atoms with van der Waals surface area (Å²) in [6, 6.07) is 28.1. The van der Waals surface area contributed by atoms with Crippen LogP contribution >= 0.6 is 0 Å². The highest BCUT2D eigenvalue weighted by Gasteiger charge is 2.31. The zero-order chi connectivity index (χ0) is 21.9. The molecule has 4 nitrogen and oxygen atoms in total. The second-order valence-corrected chi connectivity index (χ2v) is 8.52. The van der Waals surface area contributed by atoms with Crippen molar-refractivity contribution in [3.8, 4) is 11.1 Å². The molecular weight excluding hydrogens is 396 g/mol. The highest BCUT2D eigenvalue weighted by molar-refractivity contribution is 6.43. The molecule has 0 N–H and O–H groups in total. The van der Waals surface area contributed by atoms with Crippen molar-refractivity contribution >= 4 is 17.2 Å². The van der Waals surface area contributed by atoms with Gasteiger partial charge in [0, 0.05) is 30.4 Å². The van der Waals surface area contributed by atoms with E-state index >= 15 is 0 Å². The van der Waals surface area contributed by atoms with E-state index in [1.165, 1.54) is 5.56 Å². The predicted octanol–water partition coefficient (Wildman–Crippen LogP) is 5.27. The van der Waals surface area contributed by atoms with Crippen LogP contribution in [0.4, 0.5) is 0 Å². The molecule has 0 saturated carbocycles. The Morgan fingerprint density at radius 1 is 0.812 bits per heavy atom. The summed E-state index contributed by atoms with van der Waals surface area (Å²) < 4.78 is 1.84. The number of hydrogen-bond acceptors (Lipinski definition) is 2. The lowest BCUT2D eigenvalue weighted by Crippen LogP contribution is -2.42. The van der Waals surface area contributed by atoms with Crippen LogP contribution in [0.1, 0.15) is 28.9 Å². The Bertz CT molecular complexity index is 1240. The standard InChI is InChI=1S/C28H26N2O2/c31-27(28(32)29-17-14-22(15-18-29)19-21-9-3-1-4-10-21)26-25(23-11-5-2-6-12-23)20-24-13-7-8-16-30(24)26/h1-13,16,20,22H,14-15,17-19H2. The molecule has 1 aliphatic rings. The van der Waals surface area contributed by atoms with Crippen LogP contribution < -0.4 is 0 Å². The molecule has 0 spiro atoms. The number of nitrogens with zero attached hydrogens (tertiary/aromatic N) is 2. The third-order valence-corrected chi connectivity index (χ3v) is 6.44. The molecule has 1 fully saturated rings. The van der Waals surface area contributed by atoms with Crippen molar-refractivity contribution in [3.63, 3.8) is 0 Å². The Morgan fingerprint density at radius 3 is 2.19 bits per heavy atom. The van der Waals surface area contributed by atoms with Gasteiger partial charge in [0.2, 0.25) is 0 Å². The predicted molar refractivity (Wildman–Crippen MR) is 127 cm³/mol. The van der Waals surface area contributed by atoms with Crippen LogP contribution in [0.5, 0.6) is 0 Å². The smallest absolute Gasteiger partial charge is 0.296 e. The van der Waals surface area contributed by atoms with E-state index in [0.29, 0.717) is 24.7 Å². The molecule has 2 aromatic heterocycles. The first-order chi connectivity index (χ1) is 15.7. The molecule has 2 aromatic carbocycles. The molecule has 1 saturated heterocycles. The number of pyridine rings is 1. The molecule has 0 radical (unpaired) electrons. The lowest BCUT2D eigenvalue weighted by atomic mass is 9.90. The topological polar surface area (TPSA) is 41.8 Å². The maximum atomic E-state index is 13.5. The van der Waals surface area contributed by atoms with Crippen LogP contribution in [0.3, 0.4) is 0 Å². The molecule has 0 atom stereocenters. The number of ketones is 1. The van der Waals surface area contributed by atoms with Gasteiger partial charge in [-0.1, -0.05) is 66.7 Å². The number of rotatable bonds is 5. The highest BCUT2D eigenvalue weighted by Crippen LogP contribution is 2.29. The minimum Gasteiger partial charge on any atom is -0.336 e. The number of hydrogen-bond donors (Lipinski definition) is 0. The van der Waals surface area contributed by atoms with E-state index < -0.39 is 11.7 Å². The van der Waals surface area contributed by atoms with Crippen molar-refractivity contribution in [1.29, 1.82) is 0 Å². The number of likely N-dealkylation sites (tertiary alicyclic amines) is 1. The lowest BCUT2D eigenvalue weighted by Gasteiger charge is -2.31. The highest BCUT2D eigenvalue weighted by atomic mass is 16.2. The average molecular weight is 423 g/mol. The van der Waals surface area contributed by atoms with Crippen molar-refractivity contribution in [2.45, 2.75) is 19.3 Å². The third kappa shape index (κ3) is 3.96. The summed E-state index contributed by atoms with van der Waals surface area (Å²) in [5.74, 6) is -0.286. The molecule has 32 heavy (non-hydrogen) atoms. The summed E-state index contributed by atoms with van der Waals surface area (Å²) in [7, 11) is 0. The fourth-order valence-electron chi connectivity index (χ4n) is 4.73. The van der Waals surface area contributed by atoms with Crippen LogP contribution in [0.15, 0.2) is 91.1 Å². The molecule has 4 aromatic rings. The van der Waals surface area contributed by atoms with Crippen molar-refractivity contribution in [1.82, 2.24) is 9.30 Å². The first-order valence-electron chi connectivity index (χ1n) is 11.2. The van der Waals surface area contributed by atoms with Gasteiger partial charge in [-0.25, -0.2) is 0 Å². The van der Waals surface area contributed by atoms with E-state index in [9.17, 15) is 9.59 Å². The van der Waals surface area contributed by atoms with Crippen molar-refractivity contribution < 1.29 is 9.59 Å². The van der Waals surface area contributed by atoms with Crippen LogP contribution in [-0.4, -0.2) is 34.1 Å². The van der Waals surface area contributed by atoms with E-state index in [1.54, 1.807) is 4.90 Å². The van der Waals surface area contributed by atoms with Gasteiger partial charge in [0.05, 0.1) is 0 Å². The van der Waals surface area contributed by atoms with Gasteiger partial charge >= 0.3 is 0 Å². The quantitative estimate of drug-likeness (QED) is 0.325. The normalized spacial score (nSPS) is 14.6. The average Bonchev–Trinajstić information content (AvgIpc) is 3.24. The summed E-state index contributed by atoms with van der Waals surface area (Å²) in [5, 5.41) is 0. The van der Waals surface area contributed by atoms with E-state index in [-0.39, 0.29) is 0 Å². The number of amides is 1. The van der Waals surface area contributed by atoms with Gasteiger partial charge in [-0.2, -0.15) is 0 Å². The number of piperidine rings is 1. The second-order valence-electron chi connectivity index (χ2n) is 8.52. The number of fused-ring (bicyclic) bond motifs is 1. The van der Waals surface area contributed by atoms with Crippen molar-refractivity contribution in [2.24, 2.45) is 5.92 Å².